The third kappa shape index (κ3) is 2.04. The molecule has 1 aliphatic heterocycles. The van der Waals surface area contributed by atoms with Gasteiger partial charge in [0.1, 0.15) is 0 Å². The summed E-state index contributed by atoms with van der Waals surface area (Å²) in [4.78, 5) is 4.48. The predicted octanol–water partition coefficient (Wildman–Crippen LogP) is 4.64. The number of hydrogen-bond acceptors (Lipinski definition) is 2. The van der Waals surface area contributed by atoms with E-state index in [4.69, 9.17) is 0 Å². The van der Waals surface area contributed by atoms with Crippen LogP contribution in [0.1, 0.15) is 56.7 Å². The van der Waals surface area contributed by atoms with E-state index in [2.05, 4.69) is 29.3 Å². The summed E-state index contributed by atoms with van der Waals surface area (Å²) in [6.45, 7) is 5.14. The Morgan fingerprint density at radius 2 is 2.00 bits per heavy atom. The van der Waals surface area contributed by atoms with Crippen molar-refractivity contribution in [1.29, 1.82) is 0 Å². The van der Waals surface area contributed by atoms with Crippen molar-refractivity contribution in [3.8, 4) is 0 Å². The van der Waals surface area contributed by atoms with Crippen LogP contribution in [-0.4, -0.2) is 18.0 Å². The molecule has 0 amide bonds. The Bertz CT molecular complexity index is 366. The molecule has 2 heteroatoms. The van der Waals surface area contributed by atoms with E-state index in [9.17, 15) is 0 Å². The number of hydrogen-bond donors (Lipinski definition) is 0. The second kappa shape index (κ2) is 5.34. The van der Waals surface area contributed by atoms with Crippen molar-refractivity contribution >= 4 is 11.3 Å². The molecule has 1 saturated heterocycles. The molecule has 100 valence electrons. The normalized spacial score (nSPS) is 34.6. The number of thiophene rings is 1. The van der Waals surface area contributed by atoms with E-state index < -0.39 is 0 Å². The third-order valence-corrected chi connectivity index (χ3v) is 6.17. The first-order valence-electron chi connectivity index (χ1n) is 7.63. The molecule has 1 saturated carbocycles. The summed E-state index contributed by atoms with van der Waals surface area (Å²) in [7, 11) is 0. The van der Waals surface area contributed by atoms with E-state index >= 15 is 0 Å². The van der Waals surface area contributed by atoms with E-state index in [0.717, 1.165) is 5.92 Å². The monoisotopic (exact) mass is 263 g/mol. The summed E-state index contributed by atoms with van der Waals surface area (Å²) in [6.07, 6.45) is 9.88. The summed E-state index contributed by atoms with van der Waals surface area (Å²) in [5.41, 5.74) is 0.382. The standard InChI is InChI=1S/C16H25NS/c1-14-8-3-4-10-16(14,15-9-7-13-18-15)17-11-5-2-6-12-17/h7,9,13-14H,2-6,8,10-12H2,1H3/t14-,16-/m1/s1. The van der Waals surface area contributed by atoms with Crippen LogP contribution >= 0.6 is 11.3 Å². The number of likely N-dealkylation sites (tertiary alicyclic amines) is 1. The summed E-state index contributed by atoms with van der Waals surface area (Å²) in [5.74, 6) is 0.822. The molecule has 0 N–H and O–H groups in total. The minimum atomic E-state index is 0.382. The second-order valence-corrected chi connectivity index (χ2v) is 7.04. The smallest absolute Gasteiger partial charge is 0.0579 e. The maximum absolute atomic E-state index is 2.84. The first kappa shape index (κ1) is 12.7. The van der Waals surface area contributed by atoms with E-state index in [-0.39, 0.29) is 0 Å². The minimum Gasteiger partial charge on any atom is -0.293 e. The first-order chi connectivity index (χ1) is 8.84. The van der Waals surface area contributed by atoms with Gasteiger partial charge in [-0.25, -0.2) is 0 Å². The Morgan fingerprint density at radius 3 is 2.67 bits per heavy atom. The fourth-order valence-corrected chi connectivity index (χ4v) is 5.24. The van der Waals surface area contributed by atoms with Crippen molar-refractivity contribution in [2.75, 3.05) is 13.1 Å². The third-order valence-electron chi connectivity index (χ3n) is 5.13. The highest BCUT2D eigenvalue weighted by Gasteiger charge is 2.45. The van der Waals surface area contributed by atoms with Crippen LogP contribution in [0.4, 0.5) is 0 Å². The molecule has 1 nitrogen and oxygen atoms in total. The molecule has 0 spiro atoms. The van der Waals surface area contributed by atoms with E-state index in [1.165, 1.54) is 58.0 Å². The molecule has 0 radical (unpaired) electrons. The van der Waals surface area contributed by atoms with Gasteiger partial charge >= 0.3 is 0 Å². The van der Waals surface area contributed by atoms with E-state index in [0.29, 0.717) is 5.54 Å². The Hall–Kier alpha value is -0.340. The molecule has 2 atom stereocenters. The number of rotatable bonds is 2. The highest BCUT2D eigenvalue weighted by molar-refractivity contribution is 7.10. The summed E-state index contributed by atoms with van der Waals surface area (Å²) in [5, 5.41) is 2.27. The summed E-state index contributed by atoms with van der Waals surface area (Å²) in [6, 6.07) is 4.63. The van der Waals surface area contributed by atoms with Crippen molar-refractivity contribution in [1.82, 2.24) is 4.90 Å². The Labute approximate surface area is 115 Å². The molecule has 2 fully saturated rings. The fourth-order valence-electron chi connectivity index (χ4n) is 4.14. The van der Waals surface area contributed by atoms with Gasteiger partial charge in [-0.05, 0) is 56.1 Å². The average Bonchev–Trinajstić information content (AvgIpc) is 2.95. The van der Waals surface area contributed by atoms with Gasteiger partial charge in [-0.15, -0.1) is 11.3 Å². The molecular formula is C16H25NS. The zero-order valence-electron chi connectivity index (χ0n) is 11.5. The van der Waals surface area contributed by atoms with Crippen molar-refractivity contribution < 1.29 is 0 Å². The van der Waals surface area contributed by atoms with Crippen molar-refractivity contribution in [2.24, 2.45) is 5.92 Å². The van der Waals surface area contributed by atoms with Crippen LogP contribution in [0, 0.1) is 5.92 Å². The van der Waals surface area contributed by atoms with Gasteiger partial charge in [0.25, 0.3) is 0 Å². The summed E-state index contributed by atoms with van der Waals surface area (Å²) < 4.78 is 0. The van der Waals surface area contributed by atoms with Crippen LogP contribution < -0.4 is 0 Å². The van der Waals surface area contributed by atoms with E-state index in [1.807, 2.05) is 11.3 Å². The lowest BCUT2D eigenvalue weighted by Crippen LogP contribution is -2.53. The molecular weight excluding hydrogens is 238 g/mol. The van der Waals surface area contributed by atoms with Crippen LogP contribution in [0.2, 0.25) is 0 Å². The molecule has 2 aliphatic rings. The zero-order valence-corrected chi connectivity index (χ0v) is 12.3. The van der Waals surface area contributed by atoms with Gasteiger partial charge in [0.05, 0.1) is 5.54 Å². The first-order valence-corrected chi connectivity index (χ1v) is 8.51. The van der Waals surface area contributed by atoms with Gasteiger partial charge in [-0.1, -0.05) is 32.3 Å². The van der Waals surface area contributed by atoms with Gasteiger partial charge < -0.3 is 0 Å². The van der Waals surface area contributed by atoms with Crippen LogP contribution in [0.5, 0.6) is 0 Å². The second-order valence-electron chi connectivity index (χ2n) is 6.10. The van der Waals surface area contributed by atoms with Gasteiger partial charge in [0, 0.05) is 4.88 Å². The van der Waals surface area contributed by atoms with Gasteiger partial charge in [-0.3, -0.25) is 4.90 Å². The quantitative estimate of drug-likeness (QED) is 0.751. The molecule has 18 heavy (non-hydrogen) atoms. The topological polar surface area (TPSA) is 3.24 Å². The highest BCUT2D eigenvalue weighted by Crippen LogP contribution is 2.48. The van der Waals surface area contributed by atoms with Crippen LogP contribution in [0.3, 0.4) is 0 Å². The number of piperidine rings is 1. The molecule has 2 heterocycles. The van der Waals surface area contributed by atoms with Crippen LogP contribution in [0.25, 0.3) is 0 Å². The lowest BCUT2D eigenvalue weighted by atomic mass is 9.71. The largest absolute Gasteiger partial charge is 0.293 e. The molecule has 0 bridgehead atoms. The lowest BCUT2D eigenvalue weighted by molar-refractivity contribution is -0.00817. The van der Waals surface area contributed by atoms with Crippen molar-refractivity contribution in [2.45, 2.75) is 57.4 Å². The summed E-state index contributed by atoms with van der Waals surface area (Å²) >= 11 is 1.98. The molecule has 0 unspecified atom stereocenters. The lowest BCUT2D eigenvalue weighted by Gasteiger charge is -2.51. The fraction of sp³-hybridized carbons (Fsp3) is 0.750. The minimum absolute atomic E-state index is 0.382. The van der Waals surface area contributed by atoms with Crippen molar-refractivity contribution in [3.63, 3.8) is 0 Å². The van der Waals surface area contributed by atoms with Crippen LogP contribution in [-0.2, 0) is 5.54 Å². The number of nitrogens with zero attached hydrogens (tertiary/aromatic N) is 1. The Balaban J connectivity index is 1.96. The maximum Gasteiger partial charge on any atom is 0.0579 e. The molecule has 0 aromatic carbocycles. The van der Waals surface area contributed by atoms with Crippen molar-refractivity contribution in [3.05, 3.63) is 22.4 Å². The Kier molecular flexibility index (Phi) is 3.76. The highest BCUT2D eigenvalue weighted by atomic mass is 32.1. The average molecular weight is 263 g/mol. The molecule has 3 rings (SSSR count). The molecule has 1 aliphatic carbocycles. The van der Waals surface area contributed by atoms with E-state index in [1.54, 1.807) is 4.88 Å². The molecule has 1 aromatic heterocycles. The maximum atomic E-state index is 2.84. The zero-order chi connectivity index (χ0) is 12.4. The SMILES string of the molecule is C[C@@H]1CCCC[C@@]1(c1cccs1)N1CCCCC1. The Morgan fingerprint density at radius 1 is 1.17 bits per heavy atom. The molecule has 1 aromatic rings. The predicted molar refractivity (Wildman–Crippen MR) is 79.1 cm³/mol. The van der Waals surface area contributed by atoms with Gasteiger partial charge in [0.2, 0.25) is 0 Å². The van der Waals surface area contributed by atoms with Crippen LogP contribution in [0.15, 0.2) is 17.5 Å². The van der Waals surface area contributed by atoms with Gasteiger partial charge in [0.15, 0.2) is 0 Å². The van der Waals surface area contributed by atoms with Gasteiger partial charge in [-0.2, -0.15) is 0 Å².